The SMILES string of the molecule is Cc1nc(Cl)c(C=O)c(NCC2CCC(O)CC2)n1. The van der Waals surface area contributed by atoms with Gasteiger partial charge >= 0.3 is 0 Å². The number of hydrogen-bond donors (Lipinski definition) is 2. The van der Waals surface area contributed by atoms with Gasteiger partial charge in [0.1, 0.15) is 16.8 Å². The van der Waals surface area contributed by atoms with E-state index in [1.165, 1.54) is 0 Å². The minimum atomic E-state index is -0.155. The van der Waals surface area contributed by atoms with Gasteiger partial charge in [-0.15, -0.1) is 0 Å². The Morgan fingerprint density at radius 3 is 2.68 bits per heavy atom. The Labute approximate surface area is 117 Å². The van der Waals surface area contributed by atoms with E-state index in [0.29, 0.717) is 29.4 Å². The lowest BCUT2D eigenvalue weighted by Crippen LogP contribution is -2.24. The van der Waals surface area contributed by atoms with Crippen LogP contribution >= 0.6 is 11.6 Å². The van der Waals surface area contributed by atoms with E-state index in [0.717, 1.165) is 32.2 Å². The molecule has 0 aliphatic heterocycles. The van der Waals surface area contributed by atoms with Gasteiger partial charge in [-0.05, 0) is 38.5 Å². The van der Waals surface area contributed by atoms with Crippen LogP contribution in [0.4, 0.5) is 5.82 Å². The standard InChI is InChI=1S/C13H18ClN3O2/c1-8-16-12(14)11(7-18)13(17-8)15-6-9-2-4-10(19)5-3-9/h7,9-10,19H,2-6H2,1H3,(H,15,16,17). The summed E-state index contributed by atoms with van der Waals surface area (Å²) in [6, 6.07) is 0. The van der Waals surface area contributed by atoms with Crippen molar-refractivity contribution in [2.45, 2.75) is 38.7 Å². The summed E-state index contributed by atoms with van der Waals surface area (Å²) < 4.78 is 0. The summed E-state index contributed by atoms with van der Waals surface area (Å²) in [5.74, 6) is 1.53. The van der Waals surface area contributed by atoms with Crippen molar-refractivity contribution in [3.63, 3.8) is 0 Å². The highest BCUT2D eigenvalue weighted by molar-refractivity contribution is 6.32. The smallest absolute Gasteiger partial charge is 0.156 e. The van der Waals surface area contributed by atoms with Gasteiger partial charge in [-0.1, -0.05) is 11.6 Å². The van der Waals surface area contributed by atoms with E-state index < -0.39 is 0 Å². The van der Waals surface area contributed by atoms with Gasteiger partial charge in [0.25, 0.3) is 0 Å². The van der Waals surface area contributed by atoms with Crippen molar-refractivity contribution in [3.05, 3.63) is 16.5 Å². The van der Waals surface area contributed by atoms with Crippen LogP contribution in [-0.2, 0) is 0 Å². The van der Waals surface area contributed by atoms with Gasteiger partial charge in [-0.3, -0.25) is 4.79 Å². The first kappa shape index (κ1) is 14.2. The lowest BCUT2D eigenvalue weighted by molar-refractivity contribution is 0.111. The number of rotatable bonds is 4. The molecule has 2 N–H and O–H groups in total. The molecule has 1 aromatic heterocycles. The third kappa shape index (κ3) is 3.64. The van der Waals surface area contributed by atoms with Crippen LogP contribution in [0.15, 0.2) is 0 Å². The first-order valence-corrected chi connectivity index (χ1v) is 6.89. The summed E-state index contributed by atoms with van der Waals surface area (Å²) in [5.41, 5.74) is 0.308. The highest BCUT2D eigenvalue weighted by Crippen LogP contribution is 2.25. The topological polar surface area (TPSA) is 75.1 Å². The Balaban J connectivity index is 2.01. The Morgan fingerprint density at radius 1 is 1.37 bits per heavy atom. The van der Waals surface area contributed by atoms with Crippen LogP contribution in [0, 0.1) is 12.8 Å². The predicted octanol–water partition coefficient (Wildman–Crippen LogP) is 2.21. The number of nitrogens with one attached hydrogen (secondary N) is 1. The molecule has 0 amide bonds. The Hall–Kier alpha value is -1.20. The van der Waals surface area contributed by atoms with Crippen molar-refractivity contribution < 1.29 is 9.90 Å². The fourth-order valence-corrected chi connectivity index (χ4v) is 2.63. The van der Waals surface area contributed by atoms with Gasteiger partial charge in [0.2, 0.25) is 0 Å². The second kappa shape index (κ2) is 6.30. The highest BCUT2D eigenvalue weighted by Gasteiger charge is 2.20. The largest absolute Gasteiger partial charge is 0.393 e. The average Bonchev–Trinajstić information content (AvgIpc) is 2.37. The first-order valence-electron chi connectivity index (χ1n) is 6.51. The van der Waals surface area contributed by atoms with Crippen LogP contribution < -0.4 is 5.32 Å². The zero-order valence-corrected chi connectivity index (χ0v) is 11.7. The van der Waals surface area contributed by atoms with Crippen LogP contribution in [0.2, 0.25) is 5.15 Å². The lowest BCUT2D eigenvalue weighted by atomic mass is 9.87. The summed E-state index contributed by atoms with van der Waals surface area (Å²) >= 11 is 5.92. The molecule has 0 unspecified atom stereocenters. The minimum Gasteiger partial charge on any atom is -0.393 e. The normalized spacial score (nSPS) is 23.1. The van der Waals surface area contributed by atoms with Crippen molar-refractivity contribution in [1.82, 2.24) is 9.97 Å². The van der Waals surface area contributed by atoms with Gasteiger partial charge in [-0.2, -0.15) is 0 Å². The number of aliphatic hydroxyl groups excluding tert-OH is 1. The van der Waals surface area contributed by atoms with Crippen LogP contribution in [0.25, 0.3) is 0 Å². The number of hydrogen-bond acceptors (Lipinski definition) is 5. The van der Waals surface area contributed by atoms with Gasteiger partial charge in [-0.25, -0.2) is 9.97 Å². The van der Waals surface area contributed by atoms with Gasteiger partial charge < -0.3 is 10.4 Å². The minimum absolute atomic E-state index is 0.155. The van der Waals surface area contributed by atoms with E-state index in [1.54, 1.807) is 6.92 Å². The summed E-state index contributed by atoms with van der Waals surface area (Å²) in [4.78, 5) is 19.2. The van der Waals surface area contributed by atoms with Gasteiger partial charge in [0.15, 0.2) is 6.29 Å². The molecule has 1 aliphatic carbocycles. The van der Waals surface area contributed by atoms with Crippen molar-refractivity contribution in [3.8, 4) is 0 Å². The molecule has 0 bridgehead atoms. The maximum Gasteiger partial charge on any atom is 0.156 e. The van der Waals surface area contributed by atoms with Crippen molar-refractivity contribution in [2.75, 3.05) is 11.9 Å². The first-order chi connectivity index (χ1) is 9.10. The zero-order chi connectivity index (χ0) is 13.8. The summed E-state index contributed by atoms with van der Waals surface area (Å²) in [7, 11) is 0. The van der Waals surface area contributed by atoms with Crippen LogP contribution in [0.5, 0.6) is 0 Å². The monoisotopic (exact) mass is 283 g/mol. The molecule has 6 heteroatoms. The maximum atomic E-state index is 11.0. The molecule has 1 fully saturated rings. The van der Waals surface area contributed by atoms with E-state index in [1.807, 2.05) is 0 Å². The molecule has 5 nitrogen and oxygen atoms in total. The molecule has 0 radical (unpaired) electrons. The summed E-state index contributed by atoms with van der Waals surface area (Å²) in [5, 5.41) is 12.8. The quantitative estimate of drug-likeness (QED) is 0.654. The number of halogens is 1. The molecule has 0 atom stereocenters. The fourth-order valence-electron chi connectivity index (χ4n) is 2.38. The van der Waals surface area contributed by atoms with E-state index in [4.69, 9.17) is 11.6 Å². The van der Waals surface area contributed by atoms with Crippen molar-refractivity contribution in [2.24, 2.45) is 5.92 Å². The molecule has 2 rings (SSSR count). The number of aromatic nitrogens is 2. The molecule has 1 aromatic rings. The van der Waals surface area contributed by atoms with Crippen LogP contribution in [0.3, 0.4) is 0 Å². The lowest BCUT2D eigenvalue weighted by Gasteiger charge is -2.25. The molecule has 1 saturated carbocycles. The van der Waals surface area contributed by atoms with E-state index >= 15 is 0 Å². The fraction of sp³-hybridized carbons (Fsp3) is 0.615. The number of anilines is 1. The van der Waals surface area contributed by atoms with Crippen molar-refractivity contribution >= 4 is 23.7 Å². The number of carbonyl (C=O) groups is 1. The van der Waals surface area contributed by atoms with E-state index in [9.17, 15) is 9.90 Å². The maximum absolute atomic E-state index is 11.0. The zero-order valence-electron chi connectivity index (χ0n) is 10.9. The molecular formula is C13H18ClN3O2. The molecule has 0 saturated heterocycles. The van der Waals surface area contributed by atoms with Crippen LogP contribution in [-0.4, -0.2) is 34.0 Å². The second-order valence-corrected chi connectivity index (χ2v) is 5.36. The predicted molar refractivity (Wildman–Crippen MR) is 73.6 cm³/mol. The van der Waals surface area contributed by atoms with E-state index in [-0.39, 0.29) is 11.3 Å². The number of nitrogens with zero attached hydrogens (tertiary/aromatic N) is 2. The summed E-state index contributed by atoms with van der Waals surface area (Å²) in [6.45, 7) is 2.48. The molecule has 1 heterocycles. The molecule has 19 heavy (non-hydrogen) atoms. The van der Waals surface area contributed by atoms with Crippen LogP contribution in [0.1, 0.15) is 41.9 Å². The molecule has 104 valence electrons. The number of aryl methyl sites for hydroxylation is 1. The van der Waals surface area contributed by atoms with Gasteiger partial charge in [0, 0.05) is 6.54 Å². The molecule has 0 aromatic carbocycles. The van der Waals surface area contributed by atoms with E-state index in [2.05, 4.69) is 15.3 Å². The molecular weight excluding hydrogens is 266 g/mol. The number of carbonyl (C=O) groups excluding carboxylic acids is 1. The Kier molecular flexibility index (Phi) is 4.71. The third-order valence-electron chi connectivity index (χ3n) is 3.50. The Morgan fingerprint density at radius 2 is 2.05 bits per heavy atom. The highest BCUT2D eigenvalue weighted by atomic mass is 35.5. The second-order valence-electron chi connectivity index (χ2n) is 5.00. The van der Waals surface area contributed by atoms with Gasteiger partial charge in [0.05, 0.1) is 11.7 Å². The molecule has 1 aliphatic rings. The Bertz CT molecular complexity index is 459. The molecule has 0 spiro atoms. The van der Waals surface area contributed by atoms with Crippen molar-refractivity contribution in [1.29, 1.82) is 0 Å². The summed E-state index contributed by atoms with van der Waals surface area (Å²) in [6.07, 6.45) is 4.18. The average molecular weight is 284 g/mol. The number of aliphatic hydroxyl groups is 1. The third-order valence-corrected chi connectivity index (χ3v) is 3.79. The number of aldehydes is 1.